The molecule has 0 radical (unpaired) electrons. The first kappa shape index (κ1) is 32.2. The predicted molar refractivity (Wildman–Crippen MR) is 160 cm³/mol. The first-order chi connectivity index (χ1) is 21.5. The number of hydrogen-bond acceptors (Lipinski definition) is 7. The molecular weight excluding hydrogens is 631 g/mol. The average molecular weight is 660 g/mol. The van der Waals surface area contributed by atoms with E-state index in [1.165, 1.54) is 16.2 Å². The van der Waals surface area contributed by atoms with Gasteiger partial charge in [0.15, 0.2) is 17.7 Å². The molecule has 45 heavy (non-hydrogen) atoms. The number of hydrogen-bond donors (Lipinski definition) is 2. The molecule has 1 aromatic heterocycles. The fourth-order valence-corrected chi connectivity index (χ4v) is 7.14. The van der Waals surface area contributed by atoms with Gasteiger partial charge in [-0.1, -0.05) is 54.6 Å². The number of nitrogens with one attached hydrogen (secondary N) is 1. The van der Waals surface area contributed by atoms with Crippen molar-refractivity contribution in [1.29, 1.82) is 0 Å². The fourth-order valence-electron chi connectivity index (χ4n) is 4.85. The van der Waals surface area contributed by atoms with Gasteiger partial charge in [-0.2, -0.15) is 4.31 Å². The molecule has 14 heteroatoms. The number of thiophene rings is 1. The van der Waals surface area contributed by atoms with Crippen molar-refractivity contribution in [3.63, 3.8) is 0 Å². The maximum Gasteiger partial charge on any atom is 0.415 e. The largest absolute Gasteiger partial charge is 0.434 e. The topological polar surface area (TPSA) is 116 Å². The normalized spacial score (nSPS) is 16.4. The van der Waals surface area contributed by atoms with Gasteiger partial charge in [0, 0.05) is 29.7 Å². The molecule has 9 nitrogen and oxygen atoms in total. The number of carbonyl (C=O) groups excluding carboxylic acids is 2. The van der Waals surface area contributed by atoms with Crippen LogP contribution in [-0.4, -0.2) is 61.2 Å². The molecule has 2 amide bonds. The number of sulfonamides is 1. The van der Waals surface area contributed by atoms with Crippen molar-refractivity contribution >= 4 is 39.0 Å². The highest BCUT2D eigenvalue weighted by Gasteiger charge is 2.39. The summed E-state index contributed by atoms with van der Waals surface area (Å²) in [6.07, 6.45) is -3.50. The molecule has 0 spiro atoms. The smallest absolute Gasteiger partial charge is 0.415 e. The minimum absolute atomic E-state index is 0.0449. The van der Waals surface area contributed by atoms with Gasteiger partial charge in [-0.15, -0.1) is 11.3 Å². The number of amides is 2. The lowest BCUT2D eigenvalue weighted by molar-refractivity contribution is -0.129. The van der Waals surface area contributed by atoms with Crippen LogP contribution in [0.1, 0.15) is 10.4 Å². The van der Waals surface area contributed by atoms with Gasteiger partial charge >= 0.3 is 6.09 Å². The van der Waals surface area contributed by atoms with Crippen LogP contribution in [0.2, 0.25) is 0 Å². The molecule has 0 saturated carbocycles. The number of benzene rings is 3. The van der Waals surface area contributed by atoms with Crippen LogP contribution in [-0.2, 0) is 32.5 Å². The van der Waals surface area contributed by atoms with Crippen molar-refractivity contribution in [3.8, 4) is 0 Å². The summed E-state index contributed by atoms with van der Waals surface area (Å²) in [4.78, 5) is 26.6. The Kier molecular flexibility index (Phi) is 9.87. The van der Waals surface area contributed by atoms with Crippen LogP contribution in [0, 0.1) is 17.5 Å². The molecule has 4 aromatic rings. The van der Waals surface area contributed by atoms with Gasteiger partial charge in [-0.25, -0.2) is 26.4 Å². The van der Waals surface area contributed by atoms with Crippen molar-refractivity contribution in [1.82, 2.24) is 9.62 Å². The summed E-state index contributed by atoms with van der Waals surface area (Å²) in [6.45, 7) is -1.08. The van der Waals surface area contributed by atoms with Crippen LogP contribution in [0.4, 0.5) is 23.7 Å². The van der Waals surface area contributed by atoms with Crippen LogP contribution >= 0.6 is 11.3 Å². The number of carbonyl (C=O) groups is 2. The second kappa shape index (κ2) is 13.8. The Hall–Kier alpha value is -4.24. The highest BCUT2D eigenvalue weighted by Crippen LogP contribution is 2.26. The quantitative estimate of drug-likeness (QED) is 0.217. The molecule has 1 fully saturated rings. The number of cyclic esters (lactones) is 1. The number of aliphatic hydroxyl groups excluding tert-OH is 1. The van der Waals surface area contributed by atoms with Crippen LogP contribution < -0.4 is 10.2 Å². The van der Waals surface area contributed by atoms with E-state index in [1.54, 1.807) is 78.2 Å². The third kappa shape index (κ3) is 7.53. The van der Waals surface area contributed by atoms with E-state index in [-0.39, 0.29) is 31.6 Å². The van der Waals surface area contributed by atoms with Gasteiger partial charge < -0.3 is 15.2 Å². The molecule has 0 aliphatic carbocycles. The Balaban J connectivity index is 1.41. The molecule has 5 rings (SSSR count). The van der Waals surface area contributed by atoms with Crippen molar-refractivity contribution in [3.05, 3.63) is 118 Å². The molecule has 0 bridgehead atoms. The Morgan fingerprint density at radius 2 is 1.67 bits per heavy atom. The Morgan fingerprint density at radius 1 is 1.00 bits per heavy atom. The predicted octanol–water partition coefficient (Wildman–Crippen LogP) is 4.47. The molecule has 1 aliphatic rings. The van der Waals surface area contributed by atoms with Gasteiger partial charge in [0.1, 0.15) is 10.7 Å². The van der Waals surface area contributed by atoms with E-state index in [1.807, 2.05) is 0 Å². The van der Waals surface area contributed by atoms with Gasteiger partial charge in [0.25, 0.3) is 5.91 Å². The van der Waals surface area contributed by atoms with Gasteiger partial charge in [0.05, 0.1) is 18.7 Å². The van der Waals surface area contributed by atoms with Crippen LogP contribution in [0.15, 0.2) is 95.2 Å². The first-order valence-corrected chi connectivity index (χ1v) is 16.1. The maximum atomic E-state index is 14.7. The van der Waals surface area contributed by atoms with Crippen LogP contribution in [0.25, 0.3) is 0 Å². The average Bonchev–Trinajstić information content (AvgIpc) is 3.69. The molecule has 3 atom stereocenters. The van der Waals surface area contributed by atoms with Crippen molar-refractivity contribution in [2.24, 2.45) is 0 Å². The summed E-state index contributed by atoms with van der Waals surface area (Å²) >= 11 is 1.20. The Bertz CT molecular complexity index is 1750. The molecule has 236 valence electrons. The summed E-state index contributed by atoms with van der Waals surface area (Å²) in [5, 5.41) is 15.8. The van der Waals surface area contributed by atoms with Crippen molar-refractivity contribution < 1.29 is 41.0 Å². The zero-order valence-electron chi connectivity index (χ0n) is 23.6. The summed E-state index contributed by atoms with van der Waals surface area (Å²) in [5.41, 5.74) is 1.22. The maximum absolute atomic E-state index is 14.7. The van der Waals surface area contributed by atoms with Gasteiger partial charge in [-0.05, 0) is 41.6 Å². The second-order valence-electron chi connectivity index (χ2n) is 10.3. The first-order valence-electron chi connectivity index (χ1n) is 13.8. The molecule has 1 saturated heterocycles. The highest BCUT2D eigenvalue weighted by molar-refractivity contribution is 7.89. The number of rotatable bonds is 12. The van der Waals surface area contributed by atoms with Crippen molar-refractivity contribution in [2.75, 3.05) is 18.0 Å². The minimum atomic E-state index is -4.83. The minimum Gasteiger partial charge on any atom is -0.434 e. The van der Waals surface area contributed by atoms with E-state index < -0.39 is 69.2 Å². The van der Waals surface area contributed by atoms with Gasteiger partial charge in [0.2, 0.25) is 10.0 Å². The summed E-state index contributed by atoms with van der Waals surface area (Å²) in [7, 11) is -4.83. The number of halogens is 3. The third-order valence-corrected chi connectivity index (χ3v) is 9.85. The van der Waals surface area contributed by atoms with E-state index in [4.69, 9.17) is 4.74 Å². The van der Waals surface area contributed by atoms with Gasteiger partial charge in [-0.3, -0.25) is 9.69 Å². The number of nitrogens with zero attached hydrogens (tertiary/aromatic N) is 2. The molecule has 1 aliphatic heterocycles. The summed E-state index contributed by atoms with van der Waals surface area (Å²) in [5.74, 6) is -5.34. The SMILES string of the molecule is O=C(N[C@@H](Cc1ccccc1)[C@H](O)CN(Cc1cccs1)S(=O)(=O)c1cc(F)c(F)cc1F)[C@@H]1CN(c2ccccc2)C(=O)O1. The fraction of sp³-hybridized carbons (Fsp3) is 0.226. The Morgan fingerprint density at radius 3 is 2.33 bits per heavy atom. The van der Waals surface area contributed by atoms with Crippen molar-refractivity contribution in [2.45, 2.75) is 36.1 Å². The summed E-state index contributed by atoms with van der Waals surface area (Å²) in [6, 6.07) is 19.9. The molecule has 2 N–H and O–H groups in total. The third-order valence-electron chi connectivity index (χ3n) is 7.16. The number of ether oxygens (including phenoxy) is 1. The zero-order valence-corrected chi connectivity index (χ0v) is 25.2. The van der Waals surface area contributed by atoms with Crippen LogP contribution in [0.5, 0.6) is 0 Å². The highest BCUT2D eigenvalue weighted by atomic mass is 32.2. The molecular formula is C31H28F3N3O6S2. The Labute approximate surface area is 261 Å². The van der Waals surface area contributed by atoms with E-state index in [0.717, 1.165) is 4.31 Å². The second-order valence-corrected chi connectivity index (χ2v) is 13.2. The van der Waals surface area contributed by atoms with E-state index in [0.29, 0.717) is 16.1 Å². The zero-order chi connectivity index (χ0) is 32.1. The van der Waals surface area contributed by atoms with E-state index in [2.05, 4.69) is 5.32 Å². The number of aliphatic hydroxyl groups is 1. The lowest BCUT2D eigenvalue weighted by atomic mass is 10.0. The molecule has 0 unspecified atom stereocenters. The standard InChI is InChI=1S/C31H28F3N3O6S2/c32-23-15-25(34)29(16-24(23)33)45(41,42)36(17-22-12-7-13-44-22)18-27(38)26(14-20-8-3-1-4-9-20)35-30(39)28-19-37(31(40)43-28)21-10-5-2-6-11-21/h1-13,15-16,26-28,38H,14,17-19H2,(H,35,39)/t26-,27+,28-/m0/s1. The lowest BCUT2D eigenvalue weighted by Crippen LogP contribution is -2.53. The lowest BCUT2D eigenvalue weighted by Gasteiger charge is -2.30. The molecule has 3 aromatic carbocycles. The number of anilines is 1. The monoisotopic (exact) mass is 659 g/mol. The number of para-hydroxylation sites is 1. The van der Waals surface area contributed by atoms with E-state index >= 15 is 0 Å². The van der Waals surface area contributed by atoms with Crippen LogP contribution in [0.3, 0.4) is 0 Å². The van der Waals surface area contributed by atoms with E-state index in [9.17, 15) is 36.3 Å². The summed E-state index contributed by atoms with van der Waals surface area (Å²) < 4.78 is 75.7. The molecule has 2 heterocycles.